The van der Waals surface area contributed by atoms with Crippen molar-refractivity contribution in [2.24, 2.45) is 11.7 Å². The predicted molar refractivity (Wildman–Crippen MR) is 67.0 cm³/mol. The third kappa shape index (κ3) is 4.48. The second-order valence-corrected chi connectivity index (χ2v) is 4.45. The van der Waals surface area contributed by atoms with Gasteiger partial charge in [0, 0.05) is 0 Å². The van der Waals surface area contributed by atoms with Crippen LogP contribution >= 0.6 is 0 Å². The van der Waals surface area contributed by atoms with Crippen LogP contribution < -0.4 is 5.73 Å². The van der Waals surface area contributed by atoms with Gasteiger partial charge in [-0.2, -0.15) is 0 Å². The van der Waals surface area contributed by atoms with Crippen molar-refractivity contribution in [3.63, 3.8) is 0 Å². The van der Waals surface area contributed by atoms with Crippen molar-refractivity contribution in [1.82, 2.24) is 0 Å². The summed E-state index contributed by atoms with van der Waals surface area (Å²) >= 11 is 0. The molecular formula is C14H23N. The minimum Gasteiger partial charge on any atom is -0.330 e. The molecule has 1 aromatic carbocycles. The highest BCUT2D eigenvalue weighted by molar-refractivity contribution is 5.23. The second kappa shape index (κ2) is 6.62. The highest BCUT2D eigenvalue weighted by Gasteiger charge is 2.02. The fourth-order valence-electron chi connectivity index (χ4n) is 2.01. The van der Waals surface area contributed by atoms with Gasteiger partial charge in [-0.25, -0.2) is 0 Å². The summed E-state index contributed by atoms with van der Waals surface area (Å²) < 4.78 is 0. The van der Waals surface area contributed by atoms with Crippen LogP contribution in [-0.2, 0) is 12.8 Å². The van der Waals surface area contributed by atoms with Crippen LogP contribution in [0.1, 0.15) is 37.8 Å². The van der Waals surface area contributed by atoms with E-state index < -0.39 is 0 Å². The smallest absolute Gasteiger partial charge is 0.00367 e. The summed E-state index contributed by atoms with van der Waals surface area (Å²) in [6.45, 7) is 5.32. The SMILES string of the molecule is CCCC(C)Cc1ccc(CCN)cc1. The fourth-order valence-corrected chi connectivity index (χ4v) is 2.01. The van der Waals surface area contributed by atoms with Crippen molar-refractivity contribution in [2.45, 2.75) is 39.5 Å². The van der Waals surface area contributed by atoms with Crippen LogP contribution in [0.15, 0.2) is 24.3 Å². The topological polar surface area (TPSA) is 26.0 Å². The first-order valence-corrected chi connectivity index (χ1v) is 6.04. The first kappa shape index (κ1) is 12.3. The Morgan fingerprint density at radius 1 is 1.13 bits per heavy atom. The molecule has 0 bridgehead atoms. The van der Waals surface area contributed by atoms with E-state index in [9.17, 15) is 0 Å². The van der Waals surface area contributed by atoms with Crippen molar-refractivity contribution < 1.29 is 0 Å². The second-order valence-electron chi connectivity index (χ2n) is 4.45. The fraction of sp³-hybridized carbons (Fsp3) is 0.571. The van der Waals surface area contributed by atoms with E-state index in [4.69, 9.17) is 5.73 Å². The molecule has 1 atom stereocenters. The average Bonchev–Trinajstić information content (AvgIpc) is 2.22. The summed E-state index contributed by atoms with van der Waals surface area (Å²) in [5.41, 5.74) is 8.33. The van der Waals surface area contributed by atoms with E-state index >= 15 is 0 Å². The molecule has 2 N–H and O–H groups in total. The maximum atomic E-state index is 5.52. The van der Waals surface area contributed by atoms with Gasteiger partial charge >= 0.3 is 0 Å². The molecule has 0 saturated carbocycles. The lowest BCUT2D eigenvalue weighted by atomic mass is 9.96. The Bertz CT molecular complexity index is 263. The minimum atomic E-state index is 0.742. The molecule has 0 aromatic heterocycles. The van der Waals surface area contributed by atoms with Gasteiger partial charge in [-0.1, -0.05) is 51.0 Å². The summed E-state index contributed by atoms with van der Waals surface area (Å²) in [7, 11) is 0. The van der Waals surface area contributed by atoms with Gasteiger partial charge in [0.05, 0.1) is 0 Å². The summed E-state index contributed by atoms with van der Waals surface area (Å²) in [6.07, 6.45) is 4.80. The Balaban J connectivity index is 2.48. The maximum Gasteiger partial charge on any atom is -0.00367 e. The number of rotatable bonds is 6. The van der Waals surface area contributed by atoms with Gasteiger partial charge in [0.1, 0.15) is 0 Å². The number of nitrogens with two attached hydrogens (primary N) is 1. The van der Waals surface area contributed by atoms with Crippen LogP contribution in [0.4, 0.5) is 0 Å². The zero-order chi connectivity index (χ0) is 11.1. The number of hydrogen-bond donors (Lipinski definition) is 1. The third-order valence-electron chi connectivity index (χ3n) is 2.82. The van der Waals surface area contributed by atoms with Crippen molar-refractivity contribution in [3.05, 3.63) is 35.4 Å². The standard InChI is InChI=1S/C14H23N/c1-3-4-12(2)11-14-7-5-13(6-8-14)9-10-15/h5-8,12H,3-4,9-11,15H2,1-2H3. The van der Waals surface area contributed by atoms with Gasteiger partial charge in [0.25, 0.3) is 0 Å². The molecule has 0 aliphatic carbocycles. The highest BCUT2D eigenvalue weighted by atomic mass is 14.5. The molecule has 0 radical (unpaired) electrons. The Labute approximate surface area is 93.7 Å². The Hall–Kier alpha value is -0.820. The molecule has 84 valence electrons. The van der Waals surface area contributed by atoms with Crippen molar-refractivity contribution in [3.8, 4) is 0 Å². The molecule has 0 fully saturated rings. The Kier molecular flexibility index (Phi) is 5.41. The van der Waals surface area contributed by atoms with E-state index in [1.807, 2.05) is 0 Å². The lowest BCUT2D eigenvalue weighted by molar-refractivity contribution is 0.522. The zero-order valence-electron chi connectivity index (χ0n) is 10.00. The van der Waals surface area contributed by atoms with Gasteiger partial charge in [0.15, 0.2) is 0 Å². The van der Waals surface area contributed by atoms with E-state index in [1.165, 1.54) is 30.4 Å². The molecule has 1 nitrogen and oxygen atoms in total. The Morgan fingerprint density at radius 2 is 1.73 bits per heavy atom. The Morgan fingerprint density at radius 3 is 2.27 bits per heavy atom. The molecule has 1 heteroatoms. The molecule has 0 aliphatic heterocycles. The molecule has 1 rings (SSSR count). The highest BCUT2D eigenvalue weighted by Crippen LogP contribution is 2.14. The molecule has 0 spiro atoms. The first-order chi connectivity index (χ1) is 7.26. The lowest BCUT2D eigenvalue weighted by Crippen LogP contribution is -2.03. The minimum absolute atomic E-state index is 0.742. The van der Waals surface area contributed by atoms with E-state index in [2.05, 4.69) is 38.1 Å². The van der Waals surface area contributed by atoms with Gasteiger partial charge in [0.2, 0.25) is 0 Å². The molecular weight excluding hydrogens is 182 g/mol. The van der Waals surface area contributed by atoms with Crippen molar-refractivity contribution in [1.29, 1.82) is 0 Å². The monoisotopic (exact) mass is 205 g/mol. The number of benzene rings is 1. The van der Waals surface area contributed by atoms with E-state index in [-0.39, 0.29) is 0 Å². The van der Waals surface area contributed by atoms with Crippen LogP contribution in [0, 0.1) is 5.92 Å². The van der Waals surface area contributed by atoms with Gasteiger partial charge in [-0.05, 0) is 36.4 Å². The summed E-state index contributed by atoms with van der Waals surface area (Å²) in [6, 6.07) is 8.91. The van der Waals surface area contributed by atoms with Crippen LogP contribution in [0.25, 0.3) is 0 Å². The predicted octanol–water partition coefficient (Wildman–Crippen LogP) is 3.17. The maximum absolute atomic E-state index is 5.52. The quantitative estimate of drug-likeness (QED) is 0.758. The normalized spacial score (nSPS) is 12.7. The zero-order valence-corrected chi connectivity index (χ0v) is 10.00. The summed E-state index contributed by atoms with van der Waals surface area (Å²) in [5, 5.41) is 0. The van der Waals surface area contributed by atoms with Gasteiger partial charge in [-0.15, -0.1) is 0 Å². The van der Waals surface area contributed by atoms with Crippen LogP contribution in [-0.4, -0.2) is 6.54 Å². The van der Waals surface area contributed by atoms with Crippen LogP contribution in [0.5, 0.6) is 0 Å². The molecule has 0 heterocycles. The molecule has 0 saturated heterocycles. The van der Waals surface area contributed by atoms with E-state index in [0.717, 1.165) is 18.9 Å². The van der Waals surface area contributed by atoms with Crippen molar-refractivity contribution in [2.75, 3.05) is 6.54 Å². The first-order valence-electron chi connectivity index (χ1n) is 6.04. The van der Waals surface area contributed by atoms with Crippen LogP contribution in [0.2, 0.25) is 0 Å². The van der Waals surface area contributed by atoms with Crippen LogP contribution in [0.3, 0.4) is 0 Å². The van der Waals surface area contributed by atoms with E-state index in [1.54, 1.807) is 0 Å². The van der Waals surface area contributed by atoms with Gasteiger partial charge < -0.3 is 5.73 Å². The molecule has 1 unspecified atom stereocenters. The molecule has 15 heavy (non-hydrogen) atoms. The molecule has 0 amide bonds. The lowest BCUT2D eigenvalue weighted by Gasteiger charge is -2.10. The van der Waals surface area contributed by atoms with Crippen molar-refractivity contribution >= 4 is 0 Å². The summed E-state index contributed by atoms with van der Waals surface area (Å²) in [4.78, 5) is 0. The number of hydrogen-bond acceptors (Lipinski definition) is 1. The van der Waals surface area contributed by atoms with Gasteiger partial charge in [-0.3, -0.25) is 0 Å². The summed E-state index contributed by atoms with van der Waals surface area (Å²) in [5.74, 6) is 0.801. The van der Waals surface area contributed by atoms with E-state index in [0.29, 0.717) is 0 Å². The average molecular weight is 205 g/mol. The largest absolute Gasteiger partial charge is 0.330 e. The molecule has 1 aromatic rings. The third-order valence-corrected chi connectivity index (χ3v) is 2.82. The molecule has 0 aliphatic rings.